The van der Waals surface area contributed by atoms with Gasteiger partial charge >= 0.3 is 11.9 Å². The van der Waals surface area contributed by atoms with Crippen molar-refractivity contribution in [1.29, 1.82) is 0 Å². The van der Waals surface area contributed by atoms with E-state index in [2.05, 4.69) is 15.0 Å². The first kappa shape index (κ1) is 18.3. The molecule has 1 N–H and O–H groups in total. The maximum absolute atomic E-state index is 12.6. The fourth-order valence-corrected chi connectivity index (χ4v) is 2.39. The van der Waals surface area contributed by atoms with Crippen molar-refractivity contribution in [3.05, 3.63) is 46.8 Å². The van der Waals surface area contributed by atoms with Gasteiger partial charge in [-0.25, -0.2) is 14.6 Å². The summed E-state index contributed by atoms with van der Waals surface area (Å²) in [7, 11) is 0. The summed E-state index contributed by atoms with van der Waals surface area (Å²) in [6.07, 6.45) is 2.98. The second-order valence-corrected chi connectivity index (χ2v) is 5.35. The second-order valence-electron chi connectivity index (χ2n) is 5.35. The molecule has 132 valence electrons. The molecule has 0 saturated heterocycles. The van der Waals surface area contributed by atoms with Gasteiger partial charge in [0.05, 0.1) is 24.1 Å². The quantitative estimate of drug-likeness (QED) is 0.630. The second kappa shape index (κ2) is 7.69. The Balaban J connectivity index is 2.19. The van der Waals surface area contributed by atoms with E-state index < -0.39 is 23.8 Å². The van der Waals surface area contributed by atoms with Gasteiger partial charge < -0.3 is 14.5 Å². The molecular formula is C17H19N3O5. The number of hydrogen-bond donors (Lipinski definition) is 1. The van der Waals surface area contributed by atoms with Crippen molar-refractivity contribution in [1.82, 2.24) is 15.0 Å². The van der Waals surface area contributed by atoms with Crippen LogP contribution in [0.3, 0.4) is 0 Å². The van der Waals surface area contributed by atoms with E-state index in [1.807, 2.05) is 0 Å². The Morgan fingerprint density at radius 1 is 1.20 bits per heavy atom. The zero-order valence-electron chi connectivity index (χ0n) is 14.5. The van der Waals surface area contributed by atoms with Crippen molar-refractivity contribution < 1.29 is 23.9 Å². The van der Waals surface area contributed by atoms with Gasteiger partial charge in [0.1, 0.15) is 0 Å². The van der Waals surface area contributed by atoms with E-state index in [1.165, 1.54) is 25.5 Å². The van der Waals surface area contributed by atoms with Crippen molar-refractivity contribution in [3.63, 3.8) is 0 Å². The number of H-pyrrole nitrogens is 1. The molecule has 0 bridgehead atoms. The number of Topliss-reactive ketones (excluding diaryl/α,β-unsaturated/α-hetero) is 1. The summed E-state index contributed by atoms with van der Waals surface area (Å²) >= 11 is 0. The summed E-state index contributed by atoms with van der Waals surface area (Å²) in [5.41, 5.74) is 1.52. The van der Waals surface area contributed by atoms with E-state index in [0.29, 0.717) is 16.8 Å². The number of aromatic amines is 1. The van der Waals surface area contributed by atoms with Crippen LogP contribution in [0, 0.1) is 13.8 Å². The maximum Gasteiger partial charge on any atom is 0.359 e. The Morgan fingerprint density at radius 3 is 2.52 bits per heavy atom. The number of rotatable bonds is 6. The van der Waals surface area contributed by atoms with Crippen molar-refractivity contribution >= 4 is 17.7 Å². The highest BCUT2D eigenvalue weighted by molar-refractivity contribution is 6.04. The molecule has 0 unspecified atom stereocenters. The van der Waals surface area contributed by atoms with E-state index in [-0.39, 0.29) is 18.0 Å². The van der Waals surface area contributed by atoms with Crippen molar-refractivity contribution in [3.8, 4) is 0 Å². The lowest BCUT2D eigenvalue weighted by Crippen LogP contribution is -2.25. The average molecular weight is 345 g/mol. The molecule has 8 nitrogen and oxygen atoms in total. The molecule has 0 aromatic carbocycles. The molecular weight excluding hydrogens is 326 g/mol. The van der Waals surface area contributed by atoms with Gasteiger partial charge in [0.15, 0.2) is 11.8 Å². The first-order valence-electron chi connectivity index (χ1n) is 7.74. The number of ketones is 1. The Morgan fingerprint density at radius 2 is 1.92 bits per heavy atom. The van der Waals surface area contributed by atoms with E-state index >= 15 is 0 Å². The summed E-state index contributed by atoms with van der Waals surface area (Å²) in [5, 5.41) is 0. The van der Waals surface area contributed by atoms with Crippen LogP contribution in [0.1, 0.15) is 56.4 Å². The lowest BCUT2D eigenvalue weighted by atomic mass is 10.1. The summed E-state index contributed by atoms with van der Waals surface area (Å²) in [5.74, 6) is -1.70. The first-order valence-corrected chi connectivity index (χ1v) is 7.74. The van der Waals surface area contributed by atoms with Crippen LogP contribution in [0.2, 0.25) is 0 Å². The lowest BCUT2D eigenvalue weighted by molar-refractivity contribution is 0.0310. The number of aryl methyl sites for hydroxylation is 1. The summed E-state index contributed by atoms with van der Waals surface area (Å²) in [6.45, 7) is 6.70. The van der Waals surface area contributed by atoms with Crippen LogP contribution >= 0.6 is 0 Å². The predicted octanol–water partition coefficient (Wildman–Crippen LogP) is 2.03. The van der Waals surface area contributed by atoms with Crippen LogP contribution in [-0.2, 0) is 9.47 Å². The summed E-state index contributed by atoms with van der Waals surface area (Å²) in [4.78, 5) is 47.0. The Bertz CT molecular complexity index is 798. The number of carbonyl (C=O) groups is 3. The molecule has 0 radical (unpaired) electrons. The van der Waals surface area contributed by atoms with Gasteiger partial charge in [-0.1, -0.05) is 0 Å². The van der Waals surface area contributed by atoms with Crippen LogP contribution < -0.4 is 0 Å². The van der Waals surface area contributed by atoms with Crippen molar-refractivity contribution in [2.24, 2.45) is 0 Å². The molecule has 25 heavy (non-hydrogen) atoms. The van der Waals surface area contributed by atoms with Gasteiger partial charge in [-0.05, 0) is 33.3 Å². The largest absolute Gasteiger partial charge is 0.462 e. The highest BCUT2D eigenvalue weighted by Crippen LogP contribution is 2.21. The SMILES string of the molecule is CCOC(=O)c1c(C)[nH]c(C(=O)[C@@H](C)OC(=O)c2cnccn2)c1C. The van der Waals surface area contributed by atoms with E-state index in [0.717, 1.165) is 0 Å². The topological polar surface area (TPSA) is 111 Å². The summed E-state index contributed by atoms with van der Waals surface area (Å²) < 4.78 is 10.1. The fraction of sp³-hybridized carbons (Fsp3) is 0.353. The highest BCUT2D eigenvalue weighted by atomic mass is 16.5. The number of hydrogen-bond acceptors (Lipinski definition) is 7. The molecule has 0 aliphatic carbocycles. The molecule has 0 spiro atoms. The Kier molecular flexibility index (Phi) is 5.63. The Hall–Kier alpha value is -3.03. The third kappa shape index (κ3) is 3.90. The van der Waals surface area contributed by atoms with Crippen LogP contribution in [0.25, 0.3) is 0 Å². The van der Waals surface area contributed by atoms with E-state index in [1.54, 1.807) is 20.8 Å². The van der Waals surface area contributed by atoms with Gasteiger partial charge in [0, 0.05) is 18.1 Å². The zero-order chi connectivity index (χ0) is 18.6. The van der Waals surface area contributed by atoms with E-state index in [4.69, 9.17) is 9.47 Å². The van der Waals surface area contributed by atoms with E-state index in [9.17, 15) is 14.4 Å². The van der Waals surface area contributed by atoms with Crippen LogP contribution in [0.5, 0.6) is 0 Å². The highest BCUT2D eigenvalue weighted by Gasteiger charge is 2.28. The molecule has 0 aliphatic heterocycles. The number of nitrogens with one attached hydrogen (secondary N) is 1. The van der Waals surface area contributed by atoms with Gasteiger partial charge in [-0.3, -0.25) is 9.78 Å². The van der Waals surface area contributed by atoms with Gasteiger partial charge in [-0.2, -0.15) is 0 Å². The van der Waals surface area contributed by atoms with Crippen LogP contribution in [0.4, 0.5) is 0 Å². The van der Waals surface area contributed by atoms with Gasteiger partial charge in [0.25, 0.3) is 0 Å². The fourth-order valence-electron chi connectivity index (χ4n) is 2.39. The molecule has 1 atom stereocenters. The maximum atomic E-state index is 12.6. The standard InChI is InChI=1S/C17H19N3O5/c1-5-24-17(23)13-9(2)14(20-10(13)3)15(21)11(4)25-16(22)12-8-18-6-7-19-12/h6-8,11,20H,5H2,1-4H3/t11-/m1/s1. The molecule has 2 aromatic rings. The van der Waals surface area contributed by atoms with Crippen molar-refractivity contribution in [2.75, 3.05) is 6.61 Å². The number of carbonyl (C=O) groups excluding carboxylic acids is 3. The molecule has 0 fully saturated rings. The molecule has 2 heterocycles. The number of esters is 2. The molecule has 2 aromatic heterocycles. The van der Waals surface area contributed by atoms with Crippen molar-refractivity contribution in [2.45, 2.75) is 33.8 Å². The predicted molar refractivity (Wildman–Crippen MR) is 87.5 cm³/mol. The minimum Gasteiger partial charge on any atom is -0.462 e. The van der Waals surface area contributed by atoms with Crippen LogP contribution in [-0.4, -0.2) is 45.4 Å². The number of aromatic nitrogens is 3. The zero-order valence-corrected chi connectivity index (χ0v) is 14.5. The minimum atomic E-state index is -1.05. The molecule has 8 heteroatoms. The monoisotopic (exact) mass is 345 g/mol. The molecule has 0 aliphatic rings. The Labute approximate surface area is 144 Å². The third-order valence-electron chi connectivity index (χ3n) is 3.59. The normalized spacial score (nSPS) is 11.7. The number of nitrogens with zero attached hydrogens (tertiary/aromatic N) is 2. The molecule has 0 saturated carbocycles. The first-order chi connectivity index (χ1) is 11.9. The third-order valence-corrected chi connectivity index (χ3v) is 3.59. The summed E-state index contributed by atoms with van der Waals surface area (Å²) in [6, 6.07) is 0. The van der Waals surface area contributed by atoms with Gasteiger partial charge in [-0.15, -0.1) is 0 Å². The molecule has 0 amide bonds. The van der Waals surface area contributed by atoms with Crippen LogP contribution in [0.15, 0.2) is 18.6 Å². The molecule has 2 rings (SSSR count). The average Bonchev–Trinajstić information content (AvgIpc) is 2.89. The lowest BCUT2D eigenvalue weighted by Gasteiger charge is -2.11. The number of ether oxygens (including phenoxy) is 2. The van der Waals surface area contributed by atoms with Gasteiger partial charge in [0.2, 0.25) is 5.78 Å². The minimum absolute atomic E-state index is 0.00810. The smallest absolute Gasteiger partial charge is 0.359 e.